The molecule has 5 aromatic heterocycles. The van der Waals surface area contributed by atoms with Gasteiger partial charge in [-0.05, 0) is 67.5 Å². The molecule has 12 nitrogen and oxygen atoms in total. The van der Waals surface area contributed by atoms with Gasteiger partial charge in [0.1, 0.15) is 11.3 Å². The number of nitrogens with one attached hydrogen (secondary N) is 2. The van der Waals surface area contributed by atoms with Crippen LogP contribution in [0.2, 0.25) is 0 Å². The molecule has 0 atom stereocenters. The Bertz CT molecular complexity index is 2590. The number of thiophene rings is 1. The number of pyridine rings is 2. The minimum Gasteiger partial charge on any atom is -0.493 e. The highest BCUT2D eigenvalue weighted by atomic mass is 32.1. The SMILES string of the molecule is COc1cnc2[nH]ccc2c1N1CCN(C(=O)c2cc3ccccc3s2)C2(CC2)C1.COc1cnc2[nH]ccc2c1N1CCN(C(=O)c2ccccc2)C2(CC2)C1. The van der Waals surface area contributed by atoms with Gasteiger partial charge in [-0.15, -0.1) is 11.3 Å². The molecule has 4 fully saturated rings. The van der Waals surface area contributed by atoms with Crippen LogP contribution in [0.25, 0.3) is 32.2 Å². The van der Waals surface area contributed by atoms with Gasteiger partial charge in [0.05, 0.1) is 53.9 Å². The molecule has 2 aliphatic carbocycles. The third-order valence-corrected chi connectivity index (χ3v) is 13.3. The number of carbonyl (C=O) groups excluding carboxylic acids is 2. The van der Waals surface area contributed by atoms with E-state index in [0.717, 1.165) is 113 Å². The number of nitrogens with zero attached hydrogens (tertiary/aromatic N) is 6. The molecule has 2 N–H and O–H groups in total. The van der Waals surface area contributed by atoms with E-state index >= 15 is 0 Å². The number of benzene rings is 2. The van der Waals surface area contributed by atoms with E-state index < -0.39 is 0 Å². The molecule has 2 aromatic carbocycles. The predicted molar refractivity (Wildman–Crippen MR) is 224 cm³/mol. The molecule has 2 saturated carbocycles. The number of amides is 2. The first kappa shape index (κ1) is 35.3. The van der Waals surface area contributed by atoms with Gasteiger partial charge in [-0.25, -0.2) is 9.97 Å². The molecule has 7 aromatic rings. The van der Waals surface area contributed by atoms with Gasteiger partial charge in [0, 0.05) is 72.7 Å². The van der Waals surface area contributed by atoms with Gasteiger partial charge < -0.3 is 39.0 Å². The van der Waals surface area contributed by atoms with Gasteiger partial charge in [-0.3, -0.25) is 9.59 Å². The first-order valence-corrected chi connectivity index (χ1v) is 20.4. The molecular weight excluding hydrogens is 737 g/mol. The number of rotatable bonds is 6. The Hall–Kier alpha value is -6.08. The Morgan fingerprint density at radius 2 is 1.19 bits per heavy atom. The number of ether oxygens (including phenoxy) is 2. The number of aromatic amines is 2. The summed E-state index contributed by atoms with van der Waals surface area (Å²) in [4.78, 5) is 51.5. The number of piperazine rings is 2. The smallest absolute Gasteiger partial charge is 0.264 e. The summed E-state index contributed by atoms with van der Waals surface area (Å²) in [5, 5.41) is 3.27. The Labute approximate surface area is 334 Å². The van der Waals surface area contributed by atoms with Crippen LogP contribution in [0.4, 0.5) is 11.4 Å². The van der Waals surface area contributed by atoms with Crippen LogP contribution in [0.15, 0.2) is 97.6 Å². The highest BCUT2D eigenvalue weighted by Gasteiger charge is 2.55. The summed E-state index contributed by atoms with van der Waals surface area (Å²) in [5.74, 6) is 1.87. The van der Waals surface area contributed by atoms with Crippen LogP contribution in [-0.4, -0.2) is 106 Å². The lowest BCUT2D eigenvalue weighted by Gasteiger charge is -2.43. The van der Waals surface area contributed by atoms with E-state index in [4.69, 9.17) is 9.47 Å². The summed E-state index contributed by atoms with van der Waals surface area (Å²) < 4.78 is 12.4. The zero-order chi connectivity index (χ0) is 38.7. The van der Waals surface area contributed by atoms with Crippen molar-refractivity contribution in [2.75, 3.05) is 63.3 Å². The average molecular weight is 781 g/mol. The number of methoxy groups -OCH3 is 2. The van der Waals surface area contributed by atoms with Crippen molar-refractivity contribution in [2.45, 2.75) is 36.8 Å². The lowest BCUT2D eigenvalue weighted by atomic mass is 10.1. The summed E-state index contributed by atoms with van der Waals surface area (Å²) in [6.45, 7) is 4.63. The van der Waals surface area contributed by atoms with Gasteiger partial charge in [0.15, 0.2) is 11.5 Å². The van der Waals surface area contributed by atoms with Crippen molar-refractivity contribution in [3.63, 3.8) is 0 Å². The molecule has 2 spiro atoms. The highest BCUT2D eigenvalue weighted by molar-refractivity contribution is 7.20. The predicted octanol–water partition coefficient (Wildman–Crippen LogP) is 7.35. The quantitative estimate of drug-likeness (QED) is 0.180. The summed E-state index contributed by atoms with van der Waals surface area (Å²) >= 11 is 1.60. The molecule has 0 bridgehead atoms. The zero-order valence-electron chi connectivity index (χ0n) is 32.0. The van der Waals surface area contributed by atoms with Gasteiger partial charge in [-0.2, -0.15) is 0 Å². The number of hydrogen-bond acceptors (Lipinski definition) is 9. The van der Waals surface area contributed by atoms with Crippen LogP contribution in [-0.2, 0) is 0 Å². The summed E-state index contributed by atoms with van der Waals surface area (Å²) in [6.07, 6.45) is 11.6. The van der Waals surface area contributed by atoms with Crippen molar-refractivity contribution in [3.05, 3.63) is 108 Å². The molecule has 2 aliphatic heterocycles. The van der Waals surface area contributed by atoms with E-state index in [1.54, 1.807) is 38.0 Å². The minimum absolute atomic E-state index is 0.0674. The van der Waals surface area contributed by atoms with Crippen LogP contribution >= 0.6 is 11.3 Å². The lowest BCUT2D eigenvalue weighted by molar-refractivity contribution is 0.0618. The first-order valence-electron chi connectivity index (χ1n) is 19.6. The molecule has 57 heavy (non-hydrogen) atoms. The standard InChI is InChI=1S/C23H22N4O2S.C21H22N4O2/c1-29-17-13-25-21-16(6-9-24-21)20(17)26-10-11-27(23(14-26)7-8-23)22(28)19-12-15-4-2-3-5-18(15)30-19;1-27-17-13-23-19-16(7-10-22-19)18(17)24-11-12-25(21(14-24)8-9-21)20(26)15-5-3-2-4-6-15/h2-6,9,12-13H,7-8,10-11,14H2,1H3,(H,24,25);2-7,10,13H,8-9,11-12,14H2,1H3,(H,22,23). The normalized spacial score (nSPS) is 17.9. The molecule has 0 unspecified atom stereocenters. The highest BCUT2D eigenvalue weighted by Crippen LogP contribution is 2.49. The second-order valence-corrected chi connectivity index (χ2v) is 16.6. The number of fused-ring (bicyclic) bond motifs is 3. The maximum Gasteiger partial charge on any atom is 0.264 e. The number of aromatic nitrogens is 4. The summed E-state index contributed by atoms with van der Waals surface area (Å²) in [7, 11) is 3.37. The number of H-pyrrole nitrogens is 2. The van der Waals surface area contributed by atoms with Crippen LogP contribution < -0.4 is 19.3 Å². The maximum absolute atomic E-state index is 13.4. The van der Waals surface area contributed by atoms with Gasteiger partial charge in [0.25, 0.3) is 11.8 Å². The van der Waals surface area contributed by atoms with Gasteiger partial charge >= 0.3 is 0 Å². The third kappa shape index (κ3) is 6.11. The van der Waals surface area contributed by atoms with E-state index in [0.29, 0.717) is 13.1 Å². The number of anilines is 2. The zero-order valence-corrected chi connectivity index (χ0v) is 32.8. The Kier molecular flexibility index (Phi) is 8.58. The van der Waals surface area contributed by atoms with Crippen LogP contribution in [0, 0.1) is 0 Å². The summed E-state index contributed by atoms with van der Waals surface area (Å²) in [5.41, 5.74) is 4.49. The fraction of sp³-hybridized carbons (Fsp3) is 0.318. The molecule has 2 saturated heterocycles. The first-order chi connectivity index (χ1) is 27.9. The Balaban J connectivity index is 0.000000140. The minimum atomic E-state index is -0.0809. The Morgan fingerprint density at radius 1 is 0.667 bits per heavy atom. The molecular formula is C44H44N8O4S. The lowest BCUT2D eigenvalue weighted by Crippen LogP contribution is -2.57. The van der Waals surface area contributed by atoms with E-state index in [1.807, 2.05) is 67.0 Å². The van der Waals surface area contributed by atoms with Gasteiger partial charge in [-0.1, -0.05) is 36.4 Å². The molecule has 11 rings (SSSR count). The Morgan fingerprint density at radius 3 is 1.72 bits per heavy atom. The van der Waals surface area contributed by atoms with Gasteiger partial charge in [0.2, 0.25) is 0 Å². The second kappa shape index (κ2) is 13.8. The van der Waals surface area contributed by atoms with Crippen molar-refractivity contribution >= 4 is 66.7 Å². The molecule has 7 heterocycles. The largest absolute Gasteiger partial charge is 0.493 e. The molecule has 13 heteroatoms. The monoisotopic (exact) mass is 780 g/mol. The van der Waals surface area contributed by atoms with Crippen molar-refractivity contribution in [1.82, 2.24) is 29.7 Å². The van der Waals surface area contributed by atoms with Crippen LogP contribution in [0.3, 0.4) is 0 Å². The fourth-order valence-corrected chi connectivity index (χ4v) is 9.99. The maximum atomic E-state index is 13.4. The molecule has 0 radical (unpaired) electrons. The van der Waals surface area contributed by atoms with Crippen molar-refractivity contribution in [2.24, 2.45) is 0 Å². The topological polar surface area (TPSA) is 123 Å². The van der Waals surface area contributed by atoms with E-state index in [1.165, 1.54) is 4.70 Å². The molecule has 2 amide bonds. The fourth-order valence-electron chi connectivity index (χ4n) is 8.97. The van der Waals surface area contributed by atoms with Crippen molar-refractivity contribution in [3.8, 4) is 11.5 Å². The van der Waals surface area contributed by atoms with E-state index in [-0.39, 0.29) is 22.9 Å². The van der Waals surface area contributed by atoms with Crippen molar-refractivity contribution < 1.29 is 19.1 Å². The average Bonchev–Trinajstić information content (AvgIpc) is 3.93. The van der Waals surface area contributed by atoms with E-state index in [2.05, 4.69) is 57.7 Å². The van der Waals surface area contributed by atoms with Crippen molar-refractivity contribution in [1.29, 1.82) is 0 Å². The molecule has 290 valence electrons. The third-order valence-electron chi connectivity index (χ3n) is 12.2. The number of hydrogen-bond donors (Lipinski definition) is 2. The van der Waals surface area contributed by atoms with Crippen LogP contribution in [0.5, 0.6) is 11.5 Å². The molecule has 4 aliphatic rings. The second-order valence-electron chi connectivity index (χ2n) is 15.6. The number of carbonyl (C=O) groups is 2. The summed E-state index contributed by atoms with van der Waals surface area (Å²) in [6, 6.07) is 23.9. The van der Waals surface area contributed by atoms with E-state index in [9.17, 15) is 9.59 Å². The van der Waals surface area contributed by atoms with Crippen LogP contribution in [0.1, 0.15) is 45.7 Å².